The number of likely N-dealkylation sites (tertiary alicyclic amines) is 1. The first-order valence-electron chi connectivity index (χ1n) is 8.35. The van der Waals surface area contributed by atoms with Gasteiger partial charge in [0.15, 0.2) is 21.2 Å². The van der Waals surface area contributed by atoms with Crippen molar-refractivity contribution in [2.75, 3.05) is 32.6 Å². The molecule has 0 bridgehead atoms. The average Bonchev–Trinajstić information content (AvgIpc) is 3.12. The van der Waals surface area contributed by atoms with Crippen LogP contribution >= 0.6 is 11.3 Å². The molecule has 1 aliphatic heterocycles. The number of aliphatic hydroxyl groups excluding tert-OH is 1. The Labute approximate surface area is 169 Å². The summed E-state index contributed by atoms with van der Waals surface area (Å²) in [6.07, 6.45) is -0.359. The highest BCUT2D eigenvalue weighted by atomic mass is 32.1. The van der Waals surface area contributed by atoms with Gasteiger partial charge in [0.25, 0.3) is 0 Å². The second kappa shape index (κ2) is 11.4. The number of alkyl halides is 3. The molecule has 0 unspecified atom stereocenters. The van der Waals surface area contributed by atoms with E-state index in [-0.39, 0.29) is 0 Å². The number of amides is 1. The van der Waals surface area contributed by atoms with Gasteiger partial charge in [-0.25, -0.2) is 9.97 Å². The number of rotatable bonds is 3. The molecule has 3 heterocycles. The molecule has 0 aromatic carbocycles. The van der Waals surface area contributed by atoms with E-state index in [0.717, 1.165) is 42.3 Å². The summed E-state index contributed by atoms with van der Waals surface area (Å²) in [5.74, 6) is -1.24. The molecular weight excluding hydrogens is 413 g/mol. The number of allylic oxidation sites excluding steroid dienone is 1. The van der Waals surface area contributed by atoms with Crippen molar-refractivity contribution in [2.24, 2.45) is 5.73 Å². The Hall–Kier alpha value is -2.67. The van der Waals surface area contributed by atoms with Crippen molar-refractivity contribution in [1.29, 1.82) is 0 Å². The van der Waals surface area contributed by atoms with Gasteiger partial charge < -0.3 is 25.8 Å². The van der Waals surface area contributed by atoms with Crippen LogP contribution in [-0.2, 0) is 4.79 Å². The minimum Gasteiger partial charge on any atom is -0.505 e. The van der Waals surface area contributed by atoms with Crippen LogP contribution in [0.25, 0.3) is 10.3 Å². The summed E-state index contributed by atoms with van der Waals surface area (Å²) < 4.78 is 37.5. The number of nitrogens with two attached hydrogens (primary N) is 1. The number of aliphatic hydroxyl groups is 1. The molecule has 0 aliphatic carbocycles. The number of halogens is 3. The number of hydrogen-bond donors (Lipinski definition) is 3. The normalized spacial score (nSPS) is 14.2. The maximum Gasteiger partial charge on any atom is 0.448 e. The van der Waals surface area contributed by atoms with Crippen molar-refractivity contribution in [3.8, 4) is 5.88 Å². The maximum absolute atomic E-state index is 10.8. The molecule has 13 heteroatoms. The number of thiazole rings is 1. The predicted octanol–water partition coefficient (Wildman–Crippen LogP) is 2.32. The van der Waals surface area contributed by atoms with Crippen LogP contribution < -0.4 is 15.8 Å². The molecular formula is C16H23F3N6O3S. The molecule has 0 saturated carbocycles. The van der Waals surface area contributed by atoms with E-state index in [9.17, 15) is 18.0 Å². The van der Waals surface area contributed by atoms with Crippen LogP contribution in [0.15, 0.2) is 18.7 Å². The highest BCUT2D eigenvalue weighted by Crippen LogP contribution is 2.28. The van der Waals surface area contributed by atoms with Crippen LogP contribution in [0.5, 0.6) is 5.88 Å². The number of carbonyl (C=O) groups is 1. The summed E-state index contributed by atoms with van der Waals surface area (Å²) in [6, 6.07) is 0.321. The molecule has 1 aliphatic rings. The van der Waals surface area contributed by atoms with E-state index >= 15 is 0 Å². The Morgan fingerprint density at radius 1 is 1.45 bits per heavy atom. The summed E-state index contributed by atoms with van der Waals surface area (Å²) in [4.78, 5) is 25.0. The molecule has 4 N–H and O–H groups in total. The van der Waals surface area contributed by atoms with E-state index in [1.165, 1.54) is 17.7 Å². The highest BCUT2D eigenvalue weighted by molar-refractivity contribution is 7.21. The fourth-order valence-electron chi connectivity index (χ4n) is 2.01. The van der Waals surface area contributed by atoms with Crippen LogP contribution in [0.1, 0.15) is 12.8 Å². The van der Waals surface area contributed by atoms with E-state index < -0.39 is 11.9 Å². The summed E-state index contributed by atoms with van der Waals surface area (Å²) >= 11 is 1.47. The highest BCUT2D eigenvalue weighted by Gasteiger charge is 2.31. The third kappa shape index (κ3) is 8.07. The zero-order valence-corrected chi connectivity index (χ0v) is 16.8. The Morgan fingerprint density at radius 2 is 2.03 bits per heavy atom. The first-order valence-corrected chi connectivity index (χ1v) is 9.17. The number of carbonyl (C=O) groups excluding carboxylic acids is 1. The third-order valence-corrected chi connectivity index (χ3v) is 4.60. The van der Waals surface area contributed by atoms with Crippen molar-refractivity contribution < 1.29 is 27.8 Å². The SMILES string of the molecule is C=C(O)C(F)(F)F.CNc1nc2c(OC)ncnc2s1.NC1CCN(C=O)CC1. The first kappa shape index (κ1) is 24.4. The third-order valence-electron chi connectivity index (χ3n) is 3.62. The maximum atomic E-state index is 10.8. The lowest BCUT2D eigenvalue weighted by atomic mass is 10.1. The van der Waals surface area contributed by atoms with Crippen LogP contribution in [0.3, 0.4) is 0 Å². The predicted molar refractivity (Wildman–Crippen MR) is 104 cm³/mol. The lowest BCUT2D eigenvalue weighted by Crippen LogP contribution is -2.38. The molecule has 0 spiro atoms. The molecule has 2 aromatic rings. The molecule has 0 radical (unpaired) electrons. The van der Waals surface area contributed by atoms with Gasteiger partial charge >= 0.3 is 6.18 Å². The molecule has 1 amide bonds. The number of methoxy groups -OCH3 is 1. The van der Waals surface area contributed by atoms with Gasteiger partial charge in [-0.2, -0.15) is 18.2 Å². The number of hydrogen-bond acceptors (Lipinski definition) is 9. The van der Waals surface area contributed by atoms with E-state index in [4.69, 9.17) is 15.6 Å². The molecule has 3 rings (SSSR count). The van der Waals surface area contributed by atoms with Crippen LogP contribution in [0.4, 0.5) is 18.3 Å². The smallest absolute Gasteiger partial charge is 0.448 e. The number of fused-ring (bicyclic) bond motifs is 1. The lowest BCUT2D eigenvalue weighted by molar-refractivity contribution is -0.120. The minimum absolute atomic E-state index is 0.321. The summed E-state index contributed by atoms with van der Waals surface area (Å²) in [6.45, 7) is 3.93. The molecule has 162 valence electrons. The second-order valence-corrected chi connectivity index (χ2v) is 6.71. The molecule has 1 saturated heterocycles. The van der Waals surface area contributed by atoms with Crippen LogP contribution in [-0.4, -0.2) is 70.8 Å². The van der Waals surface area contributed by atoms with Crippen LogP contribution in [0.2, 0.25) is 0 Å². The van der Waals surface area contributed by atoms with E-state index in [1.807, 2.05) is 7.05 Å². The number of aromatic nitrogens is 3. The summed E-state index contributed by atoms with van der Waals surface area (Å²) in [7, 11) is 3.39. The number of anilines is 1. The Morgan fingerprint density at radius 3 is 2.48 bits per heavy atom. The molecule has 29 heavy (non-hydrogen) atoms. The topological polar surface area (TPSA) is 126 Å². The van der Waals surface area contributed by atoms with E-state index in [2.05, 4.69) is 26.8 Å². The lowest BCUT2D eigenvalue weighted by Gasteiger charge is -2.26. The number of nitrogens with zero attached hydrogens (tertiary/aromatic N) is 4. The van der Waals surface area contributed by atoms with Gasteiger partial charge in [-0.3, -0.25) is 4.79 Å². The van der Waals surface area contributed by atoms with Crippen molar-refractivity contribution in [3.05, 3.63) is 18.7 Å². The molecule has 1 fully saturated rings. The molecule has 9 nitrogen and oxygen atoms in total. The number of nitrogens with one attached hydrogen (secondary N) is 1. The van der Waals surface area contributed by atoms with Gasteiger partial charge in [-0.15, -0.1) is 0 Å². The monoisotopic (exact) mass is 436 g/mol. The summed E-state index contributed by atoms with van der Waals surface area (Å²) in [5, 5.41) is 11.3. The molecule has 0 atom stereocenters. The van der Waals surface area contributed by atoms with Crippen molar-refractivity contribution in [3.63, 3.8) is 0 Å². The van der Waals surface area contributed by atoms with Gasteiger partial charge in [-0.05, 0) is 12.8 Å². The Bertz CT molecular complexity index is 794. The van der Waals surface area contributed by atoms with Gasteiger partial charge in [0.1, 0.15) is 6.33 Å². The van der Waals surface area contributed by atoms with Crippen LogP contribution in [0, 0.1) is 0 Å². The Kier molecular flexibility index (Phi) is 9.55. The minimum atomic E-state index is -4.64. The van der Waals surface area contributed by atoms with Gasteiger partial charge in [0.05, 0.1) is 7.11 Å². The van der Waals surface area contributed by atoms with Crippen molar-refractivity contribution in [1.82, 2.24) is 19.9 Å². The van der Waals surface area contributed by atoms with Crippen molar-refractivity contribution in [2.45, 2.75) is 25.1 Å². The van der Waals surface area contributed by atoms with E-state index in [1.54, 1.807) is 12.0 Å². The zero-order chi connectivity index (χ0) is 22.0. The van der Waals surface area contributed by atoms with Gasteiger partial charge in [0.2, 0.25) is 12.3 Å². The fraction of sp³-hybridized carbons (Fsp3) is 0.500. The Balaban J connectivity index is 0.000000232. The largest absolute Gasteiger partial charge is 0.505 e. The van der Waals surface area contributed by atoms with E-state index in [0.29, 0.717) is 17.4 Å². The van der Waals surface area contributed by atoms with Crippen molar-refractivity contribution >= 4 is 33.2 Å². The fourth-order valence-corrected chi connectivity index (χ4v) is 2.77. The second-order valence-electron chi connectivity index (χ2n) is 5.73. The number of piperidine rings is 1. The summed E-state index contributed by atoms with van der Waals surface area (Å²) in [5.41, 5.74) is 6.32. The van der Waals surface area contributed by atoms with Gasteiger partial charge in [-0.1, -0.05) is 17.9 Å². The number of ether oxygens (including phenoxy) is 1. The average molecular weight is 436 g/mol. The first-order chi connectivity index (χ1) is 13.6. The zero-order valence-electron chi connectivity index (χ0n) is 15.9. The van der Waals surface area contributed by atoms with Gasteiger partial charge in [0, 0.05) is 26.2 Å². The quantitative estimate of drug-likeness (QED) is 0.494. The standard InChI is InChI=1S/C7H8N4OS.C6H12N2O.C3H3F3O/c1-8-7-11-4-5(12-2)9-3-10-6(4)13-7;7-6-1-3-8(5-9)4-2-6;1-2(7)3(4,5)6/h3H,1-2H3,(H,8,11);5-6H,1-4,7H2;7H,1H2. The molecule has 2 aromatic heterocycles.